The predicted molar refractivity (Wildman–Crippen MR) is 111 cm³/mol. The number of hydrogen-bond donors (Lipinski definition) is 1. The molecule has 7 nitrogen and oxygen atoms in total. The number of sulfonamides is 1. The third-order valence-corrected chi connectivity index (χ3v) is 5.46. The Labute approximate surface area is 166 Å². The molecule has 0 heterocycles. The largest absolute Gasteiger partial charge is 0.497 e. The monoisotopic (exact) mass is 406 g/mol. The van der Waals surface area contributed by atoms with Crippen LogP contribution >= 0.6 is 0 Å². The summed E-state index contributed by atoms with van der Waals surface area (Å²) in [6.45, 7) is 5.30. The van der Waals surface area contributed by atoms with Crippen LogP contribution in [0.15, 0.2) is 36.4 Å². The molecule has 8 heteroatoms. The molecule has 1 amide bonds. The maximum Gasteiger partial charge on any atom is 0.248 e. The summed E-state index contributed by atoms with van der Waals surface area (Å²) in [6.07, 6.45) is 1.08. The predicted octanol–water partition coefficient (Wildman–Crippen LogP) is 3.11. The number of rotatable bonds is 7. The van der Waals surface area contributed by atoms with Gasteiger partial charge in [-0.25, -0.2) is 8.42 Å². The first-order valence-corrected chi connectivity index (χ1v) is 10.5. The average molecular weight is 407 g/mol. The summed E-state index contributed by atoms with van der Waals surface area (Å²) in [5, 5.41) is 2.74. The molecular weight excluding hydrogens is 380 g/mol. The van der Waals surface area contributed by atoms with Gasteiger partial charge in [0, 0.05) is 6.07 Å². The van der Waals surface area contributed by atoms with Gasteiger partial charge in [0.1, 0.15) is 17.5 Å². The molecule has 0 aliphatic rings. The number of anilines is 2. The fraction of sp³-hybridized carbons (Fsp3) is 0.350. The quantitative estimate of drug-likeness (QED) is 0.764. The number of methoxy groups -OCH3 is 2. The first-order valence-electron chi connectivity index (χ1n) is 8.67. The first-order chi connectivity index (χ1) is 13.1. The van der Waals surface area contributed by atoms with Crippen LogP contribution in [0.4, 0.5) is 11.4 Å². The van der Waals surface area contributed by atoms with E-state index in [9.17, 15) is 13.2 Å². The molecular formula is C20H26N2O5S. The Kier molecular flexibility index (Phi) is 6.56. The molecule has 152 valence electrons. The van der Waals surface area contributed by atoms with Crippen molar-refractivity contribution in [2.45, 2.75) is 26.8 Å². The van der Waals surface area contributed by atoms with Gasteiger partial charge >= 0.3 is 0 Å². The third-order valence-electron chi connectivity index (χ3n) is 4.21. The van der Waals surface area contributed by atoms with Crippen LogP contribution in [-0.4, -0.2) is 40.8 Å². The van der Waals surface area contributed by atoms with Crippen molar-refractivity contribution in [3.05, 3.63) is 47.5 Å². The molecule has 2 aromatic carbocycles. The van der Waals surface area contributed by atoms with Gasteiger partial charge in [0.25, 0.3) is 0 Å². The summed E-state index contributed by atoms with van der Waals surface area (Å²) in [4.78, 5) is 12.9. The molecule has 28 heavy (non-hydrogen) atoms. The van der Waals surface area contributed by atoms with Gasteiger partial charge in [-0.05, 0) is 56.2 Å². The van der Waals surface area contributed by atoms with E-state index in [-0.39, 0.29) is 0 Å². The zero-order valence-electron chi connectivity index (χ0n) is 16.9. The van der Waals surface area contributed by atoms with Crippen molar-refractivity contribution >= 4 is 27.3 Å². The molecule has 0 fully saturated rings. The molecule has 0 aromatic heterocycles. The van der Waals surface area contributed by atoms with Gasteiger partial charge in [-0.15, -0.1) is 0 Å². The summed E-state index contributed by atoms with van der Waals surface area (Å²) in [6, 6.07) is 9.43. The van der Waals surface area contributed by atoms with Crippen LogP contribution < -0.4 is 19.1 Å². The summed E-state index contributed by atoms with van der Waals surface area (Å²) in [5.74, 6) is 0.493. The topological polar surface area (TPSA) is 84.9 Å². The van der Waals surface area contributed by atoms with Gasteiger partial charge in [0.15, 0.2) is 0 Å². The number of aryl methyl sites for hydroxylation is 2. The van der Waals surface area contributed by atoms with Crippen molar-refractivity contribution in [2.75, 3.05) is 30.1 Å². The van der Waals surface area contributed by atoms with Crippen LogP contribution in [0.2, 0.25) is 0 Å². The highest BCUT2D eigenvalue weighted by Crippen LogP contribution is 2.30. The minimum absolute atomic E-state index is 0.396. The number of carbonyl (C=O) groups is 1. The van der Waals surface area contributed by atoms with Gasteiger partial charge < -0.3 is 14.8 Å². The number of nitrogens with zero attached hydrogens (tertiary/aromatic N) is 1. The highest BCUT2D eigenvalue weighted by Gasteiger charge is 2.30. The number of benzene rings is 2. The molecule has 0 bridgehead atoms. The van der Waals surface area contributed by atoms with Crippen LogP contribution in [0, 0.1) is 13.8 Å². The molecule has 0 aliphatic heterocycles. The van der Waals surface area contributed by atoms with Gasteiger partial charge in [-0.3, -0.25) is 9.10 Å². The normalized spacial score (nSPS) is 12.2. The molecule has 2 aromatic rings. The zero-order chi connectivity index (χ0) is 21.1. The summed E-state index contributed by atoms with van der Waals surface area (Å²) >= 11 is 0. The Balaban J connectivity index is 2.40. The lowest BCUT2D eigenvalue weighted by Gasteiger charge is -2.29. The Morgan fingerprint density at radius 3 is 2.14 bits per heavy atom. The second-order valence-corrected chi connectivity index (χ2v) is 8.50. The maximum absolute atomic E-state index is 12.9. The second-order valence-electron chi connectivity index (χ2n) is 6.64. The zero-order valence-corrected chi connectivity index (χ0v) is 17.8. The summed E-state index contributed by atoms with van der Waals surface area (Å²) in [7, 11) is -0.699. The number of hydrogen-bond acceptors (Lipinski definition) is 5. The maximum atomic E-state index is 12.9. The Hall–Kier alpha value is -2.74. The van der Waals surface area contributed by atoms with Gasteiger partial charge in [-0.2, -0.15) is 0 Å². The second kappa shape index (κ2) is 8.52. The fourth-order valence-electron chi connectivity index (χ4n) is 3.04. The summed E-state index contributed by atoms with van der Waals surface area (Å²) < 4.78 is 36.5. The lowest BCUT2D eigenvalue weighted by atomic mass is 10.1. The van der Waals surface area contributed by atoms with Crippen molar-refractivity contribution in [3.63, 3.8) is 0 Å². The van der Waals surface area contributed by atoms with E-state index < -0.39 is 22.0 Å². The van der Waals surface area contributed by atoms with E-state index in [0.717, 1.165) is 21.7 Å². The van der Waals surface area contributed by atoms with E-state index in [1.54, 1.807) is 37.3 Å². The fourth-order valence-corrected chi connectivity index (χ4v) is 4.19. The van der Waals surface area contributed by atoms with Crippen LogP contribution in [0.3, 0.4) is 0 Å². The highest BCUT2D eigenvalue weighted by molar-refractivity contribution is 7.92. The van der Waals surface area contributed by atoms with Crippen LogP contribution in [0.1, 0.15) is 18.1 Å². The molecule has 0 aliphatic carbocycles. The minimum atomic E-state index is -3.70. The van der Waals surface area contributed by atoms with Crippen LogP contribution in [-0.2, 0) is 14.8 Å². The Bertz CT molecular complexity index is 952. The molecule has 1 atom stereocenters. The number of amides is 1. The third kappa shape index (κ3) is 4.95. The Morgan fingerprint density at radius 1 is 1.04 bits per heavy atom. The van der Waals surface area contributed by atoms with Crippen LogP contribution in [0.5, 0.6) is 11.5 Å². The average Bonchev–Trinajstić information content (AvgIpc) is 2.59. The smallest absolute Gasteiger partial charge is 0.248 e. The van der Waals surface area contributed by atoms with Crippen molar-refractivity contribution in [2.24, 2.45) is 0 Å². The number of ether oxygens (including phenoxy) is 2. The standard InChI is InChI=1S/C20H26N2O5S/c1-13-9-14(2)11-16(10-13)22(28(6,24)25)15(3)20(23)21-18-12-17(26-4)7-8-19(18)27-5/h7-12,15H,1-6H3,(H,21,23)/t15-/m1/s1. The number of nitrogens with one attached hydrogen (secondary N) is 1. The molecule has 2 rings (SSSR count). The van der Waals surface area contributed by atoms with Crippen LogP contribution in [0.25, 0.3) is 0 Å². The van der Waals surface area contributed by atoms with Crippen molar-refractivity contribution in [1.82, 2.24) is 0 Å². The molecule has 0 unspecified atom stereocenters. The summed E-state index contributed by atoms with van der Waals surface area (Å²) in [5.41, 5.74) is 2.66. The first kappa shape index (κ1) is 21.6. The molecule has 0 saturated heterocycles. The molecule has 0 spiro atoms. The van der Waals surface area contributed by atoms with Crippen molar-refractivity contribution in [3.8, 4) is 11.5 Å². The Morgan fingerprint density at radius 2 is 1.64 bits per heavy atom. The lowest BCUT2D eigenvalue weighted by molar-refractivity contribution is -0.116. The van der Waals surface area contributed by atoms with E-state index in [0.29, 0.717) is 22.9 Å². The number of carbonyl (C=O) groups excluding carboxylic acids is 1. The van der Waals surface area contributed by atoms with Crippen molar-refractivity contribution in [1.29, 1.82) is 0 Å². The van der Waals surface area contributed by atoms with E-state index >= 15 is 0 Å². The van der Waals surface area contributed by atoms with E-state index in [1.807, 2.05) is 19.9 Å². The minimum Gasteiger partial charge on any atom is -0.497 e. The van der Waals surface area contributed by atoms with Crippen molar-refractivity contribution < 1.29 is 22.7 Å². The van der Waals surface area contributed by atoms with E-state index in [4.69, 9.17) is 9.47 Å². The highest BCUT2D eigenvalue weighted by atomic mass is 32.2. The van der Waals surface area contributed by atoms with Gasteiger partial charge in [0.05, 0.1) is 31.9 Å². The molecule has 0 radical (unpaired) electrons. The molecule has 1 N–H and O–H groups in total. The molecule has 0 saturated carbocycles. The van der Waals surface area contributed by atoms with E-state index in [2.05, 4.69) is 5.32 Å². The van der Waals surface area contributed by atoms with E-state index in [1.165, 1.54) is 14.2 Å². The van der Waals surface area contributed by atoms with Gasteiger partial charge in [-0.1, -0.05) is 6.07 Å². The lowest BCUT2D eigenvalue weighted by Crippen LogP contribution is -2.45. The SMILES string of the molecule is COc1ccc(OC)c(NC(=O)[C@@H](C)N(c2cc(C)cc(C)c2)S(C)(=O)=O)c1. The van der Waals surface area contributed by atoms with Gasteiger partial charge in [0.2, 0.25) is 15.9 Å².